The fourth-order valence-corrected chi connectivity index (χ4v) is 5.39. The van der Waals surface area contributed by atoms with Crippen LogP contribution >= 0.6 is 11.8 Å². The second-order valence-corrected chi connectivity index (χ2v) is 9.28. The summed E-state index contributed by atoms with van der Waals surface area (Å²) in [7, 11) is 0. The van der Waals surface area contributed by atoms with Crippen molar-refractivity contribution < 1.29 is 4.79 Å². The van der Waals surface area contributed by atoms with Crippen LogP contribution in [0, 0.1) is 5.92 Å². The molecular weight excluding hydrogens is 370 g/mol. The summed E-state index contributed by atoms with van der Waals surface area (Å²) < 4.78 is 1.86. The second kappa shape index (κ2) is 8.68. The van der Waals surface area contributed by atoms with Crippen molar-refractivity contribution >= 4 is 28.6 Å². The van der Waals surface area contributed by atoms with E-state index in [4.69, 9.17) is 4.98 Å². The number of amides is 1. The topological polar surface area (TPSA) is 64.0 Å². The first-order chi connectivity index (χ1) is 13.6. The van der Waals surface area contributed by atoms with E-state index in [1.807, 2.05) is 28.8 Å². The van der Waals surface area contributed by atoms with Crippen molar-refractivity contribution in [2.45, 2.75) is 75.5 Å². The molecule has 1 aromatic carbocycles. The molecular formula is C22H29N3O2S. The van der Waals surface area contributed by atoms with Crippen LogP contribution in [-0.2, 0) is 4.79 Å². The number of hydrogen-bond donors (Lipinski definition) is 1. The van der Waals surface area contributed by atoms with Gasteiger partial charge in [0.25, 0.3) is 5.56 Å². The molecule has 0 radical (unpaired) electrons. The Hall–Kier alpha value is -1.82. The lowest BCUT2D eigenvalue weighted by atomic mass is 9.87. The van der Waals surface area contributed by atoms with Crippen LogP contribution in [0.5, 0.6) is 0 Å². The number of benzene rings is 1. The third kappa shape index (κ3) is 4.27. The minimum atomic E-state index is 0.0293. The third-order valence-corrected chi connectivity index (χ3v) is 7.13. The summed E-state index contributed by atoms with van der Waals surface area (Å²) in [4.78, 5) is 30.4. The van der Waals surface area contributed by atoms with E-state index < -0.39 is 0 Å². The molecule has 6 heteroatoms. The van der Waals surface area contributed by atoms with Crippen molar-refractivity contribution in [1.82, 2.24) is 14.9 Å². The van der Waals surface area contributed by atoms with Crippen LogP contribution in [0.1, 0.15) is 64.3 Å². The van der Waals surface area contributed by atoms with E-state index in [1.54, 1.807) is 0 Å². The number of carbonyl (C=O) groups excluding carboxylic acids is 1. The molecule has 5 nitrogen and oxygen atoms in total. The molecule has 2 saturated carbocycles. The molecule has 2 aliphatic carbocycles. The van der Waals surface area contributed by atoms with Gasteiger partial charge in [-0.1, -0.05) is 43.7 Å². The summed E-state index contributed by atoms with van der Waals surface area (Å²) in [5.74, 6) is 1.12. The third-order valence-electron chi connectivity index (χ3n) is 6.18. The zero-order chi connectivity index (χ0) is 19.5. The molecule has 2 aliphatic rings. The molecule has 2 aromatic rings. The van der Waals surface area contributed by atoms with Crippen LogP contribution in [0.4, 0.5) is 0 Å². The molecule has 4 rings (SSSR count). The number of nitrogens with one attached hydrogen (secondary N) is 1. The Morgan fingerprint density at radius 1 is 1.14 bits per heavy atom. The van der Waals surface area contributed by atoms with Crippen LogP contribution < -0.4 is 10.9 Å². The van der Waals surface area contributed by atoms with Gasteiger partial charge in [-0.15, -0.1) is 0 Å². The van der Waals surface area contributed by atoms with Gasteiger partial charge in [-0.3, -0.25) is 14.2 Å². The zero-order valence-electron chi connectivity index (χ0n) is 16.5. The number of aromatic nitrogens is 2. The summed E-state index contributed by atoms with van der Waals surface area (Å²) in [5.41, 5.74) is 0.743. The highest BCUT2D eigenvalue weighted by atomic mass is 32.2. The van der Waals surface area contributed by atoms with E-state index in [0.29, 0.717) is 27.9 Å². The van der Waals surface area contributed by atoms with Crippen molar-refractivity contribution in [3.8, 4) is 0 Å². The maximum Gasteiger partial charge on any atom is 0.262 e. The molecule has 1 heterocycles. The molecule has 0 bridgehead atoms. The highest BCUT2D eigenvalue weighted by Crippen LogP contribution is 2.32. The molecule has 1 amide bonds. The highest BCUT2D eigenvalue weighted by Gasteiger charge is 2.24. The van der Waals surface area contributed by atoms with Crippen LogP contribution in [-0.4, -0.2) is 27.3 Å². The molecule has 28 heavy (non-hydrogen) atoms. The first-order valence-electron chi connectivity index (χ1n) is 10.6. The summed E-state index contributed by atoms with van der Waals surface area (Å²) >= 11 is 1.40. The summed E-state index contributed by atoms with van der Waals surface area (Å²) in [6.45, 7) is 2.28. The predicted molar refractivity (Wildman–Crippen MR) is 114 cm³/mol. The van der Waals surface area contributed by atoms with E-state index >= 15 is 0 Å². The lowest BCUT2D eigenvalue weighted by Crippen LogP contribution is -2.38. The summed E-state index contributed by atoms with van der Waals surface area (Å²) in [6, 6.07) is 8.01. The number of fused-ring (bicyclic) bond motifs is 1. The van der Waals surface area contributed by atoms with Gasteiger partial charge in [0, 0.05) is 12.1 Å². The van der Waals surface area contributed by atoms with E-state index in [9.17, 15) is 9.59 Å². The Morgan fingerprint density at radius 3 is 2.61 bits per heavy atom. The fourth-order valence-electron chi connectivity index (χ4n) is 4.52. The fraction of sp³-hybridized carbons (Fsp3) is 0.591. The normalized spacial score (nSPS) is 23.2. The summed E-state index contributed by atoms with van der Waals surface area (Å²) in [6.07, 6.45) is 8.83. The molecule has 2 fully saturated rings. The SMILES string of the molecule is CC1CCC(NC(=O)CSc2nc3ccccc3c(=O)n2C2CCCC2)CC1. The maximum absolute atomic E-state index is 13.1. The number of nitrogens with zero attached hydrogens (tertiary/aromatic N) is 2. The number of para-hydroxylation sites is 1. The Morgan fingerprint density at radius 2 is 1.86 bits per heavy atom. The van der Waals surface area contributed by atoms with Gasteiger partial charge in [0.1, 0.15) is 0 Å². The zero-order valence-corrected chi connectivity index (χ0v) is 17.3. The average Bonchev–Trinajstić information content (AvgIpc) is 3.22. The second-order valence-electron chi connectivity index (χ2n) is 8.34. The number of thioether (sulfide) groups is 1. The molecule has 1 aromatic heterocycles. The van der Waals surface area contributed by atoms with Gasteiger partial charge >= 0.3 is 0 Å². The first kappa shape index (κ1) is 19.5. The van der Waals surface area contributed by atoms with Crippen LogP contribution in [0.2, 0.25) is 0 Å². The van der Waals surface area contributed by atoms with E-state index in [1.165, 1.54) is 24.6 Å². The molecule has 1 N–H and O–H groups in total. The van der Waals surface area contributed by atoms with Gasteiger partial charge in [0.05, 0.1) is 16.7 Å². The van der Waals surface area contributed by atoms with Gasteiger partial charge in [0.15, 0.2) is 5.16 Å². The van der Waals surface area contributed by atoms with Crippen molar-refractivity contribution in [2.24, 2.45) is 5.92 Å². The Labute approximate surface area is 170 Å². The minimum Gasteiger partial charge on any atom is -0.353 e. The van der Waals surface area contributed by atoms with E-state index in [-0.39, 0.29) is 17.5 Å². The predicted octanol–water partition coefficient (Wildman–Crippen LogP) is 4.30. The summed E-state index contributed by atoms with van der Waals surface area (Å²) in [5, 5.41) is 4.53. The lowest BCUT2D eigenvalue weighted by Gasteiger charge is -2.27. The van der Waals surface area contributed by atoms with Crippen molar-refractivity contribution in [2.75, 3.05) is 5.75 Å². The molecule has 150 valence electrons. The Kier molecular flexibility index (Phi) is 6.04. The standard InChI is InChI=1S/C22H29N3O2S/c1-15-10-12-16(13-11-15)23-20(26)14-28-22-24-19-9-5-4-8-18(19)21(27)25(22)17-6-2-3-7-17/h4-5,8-9,15-17H,2-3,6-7,10-14H2,1H3,(H,23,26). The van der Waals surface area contributed by atoms with E-state index in [2.05, 4.69) is 12.2 Å². The van der Waals surface area contributed by atoms with Crippen molar-refractivity contribution in [3.63, 3.8) is 0 Å². The first-order valence-corrected chi connectivity index (χ1v) is 11.5. The quantitative estimate of drug-likeness (QED) is 0.601. The number of hydrogen-bond acceptors (Lipinski definition) is 4. The van der Waals surface area contributed by atoms with Crippen molar-refractivity contribution in [3.05, 3.63) is 34.6 Å². The van der Waals surface area contributed by atoms with Crippen LogP contribution in [0.15, 0.2) is 34.2 Å². The maximum atomic E-state index is 13.1. The highest BCUT2D eigenvalue weighted by molar-refractivity contribution is 7.99. The average molecular weight is 400 g/mol. The van der Waals surface area contributed by atoms with Gasteiger partial charge in [-0.25, -0.2) is 4.98 Å². The molecule has 0 saturated heterocycles. The monoisotopic (exact) mass is 399 g/mol. The number of carbonyl (C=O) groups is 1. The smallest absolute Gasteiger partial charge is 0.262 e. The largest absolute Gasteiger partial charge is 0.353 e. The Balaban J connectivity index is 1.51. The van der Waals surface area contributed by atoms with Crippen molar-refractivity contribution in [1.29, 1.82) is 0 Å². The van der Waals surface area contributed by atoms with Crippen LogP contribution in [0.3, 0.4) is 0 Å². The molecule has 0 atom stereocenters. The van der Waals surface area contributed by atoms with Gasteiger partial charge < -0.3 is 5.32 Å². The molecule has 0 aliphatic heterocycles. The van der Waals surface area contributed by atoms with Gasteiger partial charge in [-0.2, -0.15) is 0 Å². The molecule has 0 spiro atoms. The number of rotatable bonds is 5. The lowest BCUT2D eigenvalue weighted by molar-refractivity contribution is -0.119. The van der Waals surface area contributed by atoms with E-state index in [0.717, 1.165) is 44.4 Å². The minimum absolute atomic E-state index is 0.0293. The molecule has 0 unspecified atom stereocenters. The Bertz CT molecular complexity index is 896. The van der Waals surface area contributed by atoms with Gasteiger partial charge in [0.2, 0.25) is 5.91 Å². The van der Waals surface area contributed by atoms with Gasteiger partial charge in [-0.05, 0) is 56.6 Å². The van der Waals surface area contributed by atoms with Crippen LogP contribution in [0.25, 0.3) is 10.9 Å².